The molecule has 0 aliphatic rings. The SMILES string of the molecule is O=C(O)c1ccc(/C=N\NC(=O)c2cnccn2)cc1. The van der Waals surface area contributed by atoms with Crippen LogP contribution >= 0.6 is 0 Å². The highest BCUT2D eigenvalue weighted by Gasteiger charge is 2.04. The van der Waals surface area contributed by atoms with E-state index in [0.29, 0.717) is 5.56 Å². The van der Waals surface area contributed by atoms with Gasteiger partial charge in [0.1, 0.15) is 5.69 Å². The van der Waals surface area contributed by atoms with Crippen molar-refractivity contribution >= 4 is 18.1 Å². The molecule has 0 atom stereocenters. The molecule has 2 N–H and O–H groups in total. The van der Waals surface area contributed by atoms with Crippen molar-refractivity contribution in [2.24, 2.45) is 5.10 Å². The number of benzene rings is 1. The van der Waals surface area contributed by atoms with E-state index in [2.05, 4.69) is 20.5 Å². The first-order valence-electron chi connectivity index (χ1n) is 5.59. The van der Waals surface area contributed by atoms with E-state index in [4.69, 9.17) is 5.11 Å². The quantitative estimate of drug-likeness (QED) is 0.635. The van der Waals surface area contributed by atoms with E-state index in [1.807, 2.05) is 0 Å². The molecular formula is C13H10N4O3. The Labute approximate surface area is 114 Å². The number of carbonyl (C=O) groups excluding carboxylic acids is 1. The largest absolute Gasteiger partial charge is 0.478 e. The average molecular weight is 270 g/mol. The fourth-order valence-electron chi connectivity index (χ4n) is 1.35. The van der Waals surface area contributed by atoms with E-state index in [-0.39, 0.29) is 11.3 Å². The van der Waals surface area contributed by atoms with Crippen molar-refractivity contribution in [1.29, 1.82) is 0 Å². The van der Waals surface area contributed by atoms with Crippen molar-refractivity contribution < 1.29 is 14.7 Å². The lowest BCUT2D eigenvalue weighted by Gasteiger charge is -1.98. The summed E-state index contributed by atoms with van der Waals surface area (Å²) in [7, 11) is 0. The first-order valence-corrected chi connectivity index (χ1v) is 5.59. The van der Waals surface area contributed by atoms with Gasteiger partial charge < -0.3 is 5.11 Å². The van der Waals surface area contributed by atoms with Crippen LogP contribution in [0.5, 0.6) is 0 Å². The molecule has 7 heteroatoms. The van der Waals surface area contributed by atoms with Gasteiger partial charge in [0.15, 0.2) is 0 Å². The third-order valence-electron chi connectivity index (χ3n) is 2.33. The third-order valence-corrected chi connectivity index (χ3v) is 2.33. The molecule has 1 aromatic heterocycles. The van der Waals surface area contributed by atoms with Gasteiger partial charge in [0, 0.05) is 12.4 Å². The van der Waals surface area contributed by atoms with Crippen molar-refractivity contribution in [3.05, 3.63) is 59.7 Å². The van der Waals surface area contributed by atoms with E-state index in [9.17, 15) is 9.59 Å². The summed E-state index contributed by atoms with van der Waals surface area (Å²) in [6.07, 6.45) is 5.60. The van der Waals surface area contributed by atoms with Crippen LogP contribution in [0, 0.1) is 0 Å². The van der Waals surface area contributed by atoms with Gasteiger partial charge in [0.05, 0.1) is 18.0 Å². The molecule has 0 spiro atoms. The monoisotopic (exact) mass is 270 g/mol. The van der Waals surface area contributed by atoms with Gasteiger partial charge in [-0.3, -0.25) is 9.78 Å². The van der Waals surface area contributed by atoms with Crippen molar-refractivity contribution in [3.63, 3.8) is 0 Å². The molecule has 20 heavy (non-hydrogen) atoms. The fourth-order valence-corrected chi connectivity index (χ4v) is 1.35. The first-order chi connectivity index (χ1) is 9.66. The number of carboxylic acids is 1. The molecule has 0 unspecified atom stereocenters. The summed E-state index contributed by atoms with van der Waals surface area (Å²) >= 11 is 0. The van der Waals surface area contributed by atoms with Gasteiger partial charge in [-0.15, -0.1) is 0 Å². The number of nitrogens with one attached hydrogen (secondary N) is 1. The zero-order chi connectivity index (χ0) is 14.4. The molecule has 0 bridgehead atoms. The molecule has 2 aromatic rings. The van der Waals surface area contributed by atoms with Crippen LogP contribution in [0.2, 0.25) is 0 Å². The predicted octanol–water partition coefficient (Wildman–Crippen LogP) is 0.939. The van der Waals surface area contributed by atoms with Gasteiger partial charge in [-0.1, -0.05) is 12.1 Å². The highest BCUT2D eigenvalue weighted by Crippen LogP contribution is 2.02. The van der Waals surface area contributed by atoms with Gasteiger partial charge in [-0.05, 0) is 17.7 Å². The normalized spacial score (nSPS) is 10.4. The summed E-state index contributed by atoms with van der Waals surface area (Å²) in [5.74, 6) is -1.47. The number of amides is 1. The maximum atomic E-state index is 11.6. The Kier molecular flexibility index (Phi) is 4.13. The van der Waals surface area contributed by atoms with Crippen LogP contribution in [0.25, 0.3) is 0 Å². The third kappa shape index (κ3) is 3.45. The highest BCUT2D eigenvalue weighted by molar-refractivity contribution is 5.93. The Morgan fingerprint density at radius 3 is 2.55 bits per heavy atom. The molecule has 2 rings (SSSR count). The lowest BCUT2D eigenvalue weighted by Crippen LogP contribution is -2.19. The Morgan fingerprint density at radius 1 is 1.20 bits per heavy atom. The maximum Gasteiger partial charge on any atom is 0.335 e. The Bertz CT molecular complexity index is 638. The summed E-state index contributed by atoms with van der Waals surface area (Å²) < 4.78 is 0. The van der Waals surface area contributed by atoms with Crippen molar-refractivity contribution in [2.75, 3.05) is 0 Å². The van der Waals surface area contributed by atoms with Crippen LogP contribution in [0.4, 0.5) is 0 Å². The number of hydrogen-bond donors (Lipinski definition) is 2. The second kappa shape index (κ2) is 6.19. The number of hydrazone groups is 1. The lowest BCUT2D eigenvalue weighted by molar-refractivity contribution is 0.0696. The molecule has 0 radical (unpaired) electrons. The molecule has 0 fully saturated rings. The molecule has 7 nitrogen and oxygen atoms in total. The molecule has 0 aliphatic heterocycles. The summed E-state index contributed by atoms with van der Waals surface area (Å²) in [6.45, 7) is 0. The van der Waals surface area contributed by atoms with E-state index in [1.54, 1.807) is 12.1 Å². The average Bonchev–Trinajstić information content (AvgIpc) is 2.48. The lowest BCUT2D eigenvalue weighted by atomic mass is 10.1. The smallest absolute Gasteiger partial charge is 0.335 e. The van der Waals surface area contributed by atoms with E-state index in [1.165, 1.54) is 36.9 Å². The van der Waals surface area contributed by atoms with Crippen molar-refractivity contribution in [2.45, 2.75) is 0 Å². The van der Waals surface area contributed by atoms with Gasteiger partial charge in [-0.2, -0.15) is 5.10 Å². The number of carboxylic acid groups (broad SMARTS) is 1. The highest BCUT2D eigenvalue weighted by atomic mass is 16.4. The standard InChI is InChI=1S/C13H10N4O3/c18-12(11-8-14-5-6-15-11)17-16-7-9-1-3-10(4-2-9)13(19)20/h1-8H,(H,17,18)(H,19,20)/b16-7-. The van der Waals surface area contributed by atoms with Gasteiger partial charge in [0.25, 0.3) is 5.91 Å². The van der Waals surface area contributed by atoms with Crippen LogP contribution in [-0.4, -0.2) is 33.2 Å². The number of aromatic nitrogens is 2. The summed E-state index contributed by atoms with van der Waals surface area (Å²) in [6, 6.07) is 6.07. The molecule has 1 amide bonds. The van der Waals surface area contributed by atoms with Crippen molar-refractivity contribution in [3.8, 4) is 0 Å². The van der Waals surface area contributed by atoms with Gasteiger partial charge in [-0.25, -0.2) is 15.2 Å². The van der Waals surface area contributed by atoms with Gasteiger partial charge in [0.2, 0.25) is 0 Å². The zero-order valence-corrected chi connectivity index (χ0v) is 10.2. The molecular weight excluding hydrogens is 260 g/mol. The summed E-state index contributed by atoms with van der Waals surface area (Å²) in [5, 5.41) is 12.5. The number of nitrogens with zero attached hydrogens (tertiary/aromatic N) is 3. The Hall–Kier alpha value is -3.09. The van der Waals surface area contributed by atoms with E-state index >= 15 is 0 Å². The number of rotatable bonds is 4. The molecule has 100 valence electrons. The zero-order valence-electron chi connectivity index (χ0n) is 10.2. The first kappa shape index (κ1) is 13.3. The Morgan fingerprint density at radius 2 is 1.95 bits per heavy atom. The molecule has 0 aliphatic carbocycles. The number of aromatic carboxylic acids is 1. The predicted molar refractivity (Wildman–Crippen MR) is 70.5 cm³/mol. The minimum atomic E-state index is -0.996. The minimum Gasteiger partial charge on any atom is -0.478 e. The van der Waals surface area contributed by atoms with Crippen LogP contribution in [0.15, 0.2) is 48.0 Å². The minimum absolute atomic E-state index is 0.158. The van der Waals surface area contributed by atoms with Crippen molar-refractivity contribution in [1.82, 2.24) is 15.4 Å². The van der Waals surface area contributed by atoms with Crippen LogP contribution < -0.4 is 5.43 Å². The number of hydrogen-bond acceptors (Lipinski definition) is 5. The Balaban J connectivity index is 1.96. The molecule has 1 heterocycles. The fraction of sp³-hybridized carbons (Fsp3) is 0. The topological polar surface area (TPSA) is 105 Å². The number of carbonyl (C=O) groups is 2. The second-order valence-corrected chi connectivity index (χ2v) is 3.72. The maximum absolute atomic E-state index is 11.6. The second-order valence-electron chi connectivity index (χ2n) is 3.72. The van der Waals surface area contributed by atoms with Crippen LogP contribution in [0.1, 0.15) is 26.4 Å². The van der Waals surface area contributed by atoms with Gasteiger partial charge >= 0.3 is 5.97 Å². The van der Waals surface area contributed by atoms with E-state index in [0.717, 1.165) is 0 Å². The molecule has 0 saturated carbocycles. The van der Waals surface area contributed by atoms with Crippen LogP contribution in [0.3, 0.4) is 0 Å². The summed E-state index contributed by atoms with van der Waals surface area (Å²) in [4.78, 5) is 29.8. The summed E-state index contributed by atoms with van der Waals surface area (Å²) in [5.41, 5.74) is 3.30. The van der Waals surface area contributed by atoms with Crippen LogP contribution in [-0.2, 0) is 0 Å². The molecule has 0 saturated heterocycles. The van der Waals surface area contributed by atoms with E-state index < -0.39 is 11.9 Å². The molecule has 1 aromatic carbocycles.